The highest BCUT2D eigenvalue weighted by Gasteiger charge is 2.02. The molecule has 2 aromatic rings. The highest BCUT2D eigenvalue weighted by Crippen LogP contribution is 2.13. The summed E-state index contributed by atoms with van der Waals surface area (Å²) in [5.41, 5.74) is 0.590. The van der Waals surface area contributed by atoms with Crippen LogP contribution in [-0.4, -0.2) is 0 Å². The first-order chi connectivity index (χ1) is 7.75. The van der Waals surface area contributed by atoms with Crippen molar-refractivity contribution in [2.24, 2.45) is 0 Å². The second-order valence-electron chi connectivity index (χ2n) is 3.27. The van der Waals surface area contributed by atoms with Crippen LogP contribution in [-0.2, 0) is 6.61 Å². The molecule has 1 radical (unpaired) electrons. The van der Waals surface area contributed by atoms with E-state index in [1.807, 2.05) is 0 Å². The first-order valence-corrected chi connectivity index (χ1v) is 4.78. The second-order valence-corrected chi connectivity index (χ2v) is 3.27. The third kappa shape index (κ3) is 2.57. The lowest BCUT2D eigenvalue weighted by molar-refractivity contribution is 0.305. The van der Waals surface area contributed by atoms with Crippen LogP contribution in [0.15, 0.2) is 42.5 Å². The van der Waals surface area contributed by atoms with E-state index in [0.29, 0.717) is 11.3 Å². The molecule has 0 aromatic heterocycles. The molecule has 0 bridgehead atoms. The molecule has 0 fully saturated rings. The molecule has 0 aliphatic rings. The predicted octanol–water partition coefficient (Wildman–Crippen LogP) is 3.34. The number of hydrogen-bond donors (Lipinski definition) is 0. The smallest absolute Gasteiger partial charge is 0.159 e. The number of halogens is 2. The van der Waals surface area contributed by atoms with Gasteiger partial charge in [0.15, 0.2) is 11.6 Å². The van der Waals surface area contributed by atoms with Gasteiger partial charge in [0.1, 0.15) is 12.4 Å². The first kappa shape index (κ1) is 10.6. The summed E-state index contributed by atoms with van der Waals surface area (Å²) in [6, 6.07) is 13.5. The molecular formula is C13H9F2O. The van der Waals surface area contributed by atoms with Gasteiger partial charge in [-0.15, -0.1) is 0 Å². The van der Waals surface area contributed by atoms with Gasteiger partial charge in [-0.1, -0.05) is 18.2 Å². The first-order valence-electron chi connectivity index (χ1n) is 4.78. The Morgan fingerprint density at radius 2 is 1.75 bits per heavy atom. The Labute approximate surface area is 92.3 Å². The molecule has 3 heteroatoms. The van der Waals surface area contributed by atoms with E-state index in [9.17, 15) is 8.78 Å². The van der Waals surface area contributed by atoms with Gasteiger partial charge in [-0.25, -0.2) is 8.78 Å². The molecule has 0 heterocycles. The lowest BCUT2D eigenvalue weighted by Crippen LogP contribution is -1.96. The minimum absolute atomic E-state index is 0.210. The highest BCUT2D eigenvalue weighted by molar-refractivity contribution is 5.22. The van der Waals surface area contributed by atoms with Gasteiger partial charge >= 0.3 is 0 Å². The highest BCUT2D eigenvalue weighted by atomic mass is 19.2. The largest absolute Gasteiger partial charge is 0.489 e. The van der Waals surface area contributed by atoms with Crippen molar-refractivity contribution in [2.75, 3.05) is 0 Å². The van der Waals surface area contributed by atoms with Crippen LogP contribution in [0.4, 0.5) is 8.78 Å². The third-order valence-electron chi connectivity index (χ3n) is 2.08. The number of ether oxygens (including phenoxy) is 1. The van der Waals surface area contributed by atoms with Gasteiger partial charge in [-0.3, -0.25) is 0 Å². The molecule has 0 spiro atoms. The van der Waals surface area contributed by atoms with E-state index in [1.54, 1.807) is 24.3 Å². The Bertz CT molecular complexity index is 469. The van der Waals surface area contributed by atoms with E-state index in [4.69, 9.17) is 4.74 Å². The molecule has 0 aliphatic carbocycles. The van der Waals surface area contributed by atoms with Crippen molar-refractivity contribution in [3.05, 3.63) is 65.7 Å². The number of hydrogen-bond acceptors (Lipinski definition) is 1. The molecular weight excluding hydrogens is 210 g/mol. The van der Waals surface area contributed by atoms with Crippen LogP contribution in [0.25, 0.3) is 0 Å². The predicted molar refractivity (Wildman–Crippen MR) is 56.0 cm³/mol. The fraction of sp³-hybridized carbons (Fsp3) is 0.0769. The molecule has 0 unspecified atom stereocenters. The van der Waals surface area contributed by atoms with Crippen molar-refractivity contribution in [3.8, 4) is 5.75 Å². The van der Waals surface area contributed by atoms with Crippen molar-refractivity contribution in [2.45, 2.75) is 6.61 Å². The maximum absolute atomic E-state index is 12.9. The van der Waals surface area contributed by atoms with E-state index in [0.717, 1.165) is 12.1 Å². The molecule has 0 N–H and O–H groups in total. The van der Waals surface area contributed by atoms with Crippen molar-refractivity contribution in [1.82, 2.24) is 0 Å². The lowest BCUT2D eigenvalue weighted by atomic mass is 10.2. The monoisotopic (exact) mass is 219 g/mol. The van der Waals surface area contributed by atoms with Crippen molar-refractivity contribution in [3.63, 3.8) is 0 Å². The standard InChI is InChI=1S/C13H9F2O/c14-12-7-6-10(8-13(12)15)9-16-11-4-2-1-3-5-11/h2-8H,9H2. The van der Waals surface area contributed by atoms with Gasteiger partial charge in [0.05, 0.1) is 0 Å². The summed E-state index contributed by atoms with van der Waals surface area (Å²) in [7, 11) is 0. The van der Waals surface area contributed by atoms with Crippen molar-refractivity contribution < 1.29 is 13.5 Å². The number of benzene rings is 2. The molecule has 0 saturated carbocycles. The number of rotatable bonds is 3. The Hall–Kier alpha value is -1.90. The molecule has 0 atom stereocenters. The summed E-state index contributed by atoms with van der Waals surface area (Å²) < 4.78 is 30.9. The van der Waals surface area contributed by atoms with E-state index >= 15 is 0 Å². The lowest BCUT2D eigenvalue weighted by Gasteiger charge is -2.05. The quantitative estimate of drug-likeness (QED) is 0.769. The minimum Gasteiger partial charge on any atom is -0.489 e. The topological polar surface area (TPSA) is 9.23 Å². The molecule has 0 aliphatic heterocycles. The van der Waals surface area contributed by atoms with Crippen LogP contribution >= 0.6 is 0 Å². The second kappa shape index (κ2) is 4.75. The molecule has 0 saturated heterocycles. The van der Waals surface area contributed by atoms with Gasteiger partial charge in [0.25, 0.3) is 0 Å². The van der Waals surface area contributed by atoms with Crippen LogP contribution in [0, 0.1) is 17.7 Å². The van der Waals surface area contributed by atoms with Gasteiger partial charge < -0.3 is 4.74 Å². The maximum Gasteiger partial charge on any atom is 0.159 e. The van der Waals surface area contributed by atoms with Gasteiger partial charge in [-0.2, -0.15) is 0 Å². The normalized spacial score (nSPS) is 10.1. The van der Waals surface area contributed by atoms with Crippen molar-refractivity contribution >= 4 is 0 Å². The summed E-state index contributed by atoms with van der Waals surface area (Å²) in [6.07, 6.45) is 0. The molecule has 1 nitrogen and oxygen atoms in total. The Morgan fingerprint density at radius 1 is 1.00 bits per heavy atom. The van der Waals surface area contributed by atoms with E-state index in [2.05, 4.69) is 6.07 Å². The van der Waals surface area contributed by atoms with Gasteiger partial charge in [0, 0.05) is 0 Å². The summed E-state index contributed by atoms with van der Waals surface area (Å²) in [5.74, 6) is -1.04. The summed E-state index contributed by atoms with van der Waals surface area (Å²) in [6.45, 7) is 0.210. The van der Waals surface area contributed by atoms with Gasteiger partial charge in [0.2, 0.25) is 0 Å². The Balaban J connectivity index is 2.03. The van der Waals surface area contributed by atoms with Crippen LogP contribution in [0.1, 0.15) is 5.56 Å². The molecule has 81 valence electrons. The zero-order chi connectivity index (χ0) is 11.4. The maximum atomic E-state index is 12.9. The van der Waals surface area contributed by atoms with E-state index < -0.39 is 11.6 Å². The van der Waals surface area contributed by atoms with Crippen LogP contribution in [0.2, 0.25) is 0 Å². The SMILES string of the molecule is Fc1ccc(COc2cc[c]cc2)cc1F. The zero-order valence-corrected chi connectivity index (χ0v) is 8.41. The summed E-state index contributed by atoms with van der Waals surface area (Å²) in [4.78, 5) is 0. The van der Waals surface area contributed by atoms with Crippen LogP contribution in [0.5, 0.6) is 5.75 Å². The Morgan fingerprint density at radius 3 is 2.44 bits per heavy atom. The molecule has 16 heavy (non-hydrogen) atoms. The minimum atomic E-state index is -0.859. The molecule has 0 amide bonds. The van der Waals surface area contributed by atoms with Crippen LogP contribution < -0.4 is 4.74 Å². The summed E-state index contributed by atoms with van der Waals surface area (Å²) >= 11 is 0. The average molecular weight is 219 g/mol. The molecule has 2 rings (SSSR count). The van der Waals surface area contributed by atoms with Gasteiger partial charge in [-0.05, 0) is 35.9 Å². The van der Waals surface area contributed by atoms with E-state index in [1.165, 1.54) is 6.07 Å². The summed E-state index contributed by atoms with van der Waals surface area (Å²) in [5, 5.41) is 0. The van der Waals surface area contributed by atoms with E-state index in [-0.39, 0.29) is 6.61 Å². The van der Waals surface area contributed by atoms with Crippen molar-refractivity contribution in [1.29, 1.82) is 0 Å². The molecule has 2 aromatic carbocycles. The fourth-order valence-electron chi connectivity index (χ4n) is 1.26. The zero-order valence-electron chi connectivity index (χ0n) is 8.41. The average Bonchev–Trinajstić information content (AvgIpc) is 2.32. The third-order valence-corrected chi connectivity index (χ3v) is 2.08. The van der Waals surface area contributed by atoms with Crippen LogP contribution in [0.3, 0.4) is 0 Å². The Kier molecular flexibility index (Phi) is 3.15. The fourth-order valence-corrected chi connectivity index (χ4v) is 1.26.